The number of halogens is 1. The largest absolute Gasteiger partial charge is 0.366 e. The van der Waals surface area contributed by atoms with Crippen molar-refractivity contribution in [3.05, 3.63) is 93.3 Å². The van der Waals surface area contributed by atoms with Crippen molar-refractivity contribution >= 4 is 23.1 Å². The van der Waals surface area contributed by atoms with Gasteiger partial charge in [0.05, 0.1) is 6.54 Å². The van der Waals surface area contributed by atoms with Crippen molar-refractivity contribution < 1.29 is 14.0 Å². The fourth-order valence-electron chi connectivity index (χ4n) is 5.00. The molecular weight excluding hydrogens is 403 g/mol. The Morgan fingerprint density at radius 1 is 1.00 bits per heavy atom. The Morgan fingerprint density at radius 2 is 1.78 bits per heavy atom. The number of nitrogens with zero attached hydrogens (tertiary/aromatic N) is 1. The molecule has 0 saturated heterocycles. The summed E-state index contributed by atoms with van der Waals surface area (Å²) in [6.07, 6.45) is 0.706. The fourth-order valence-corrected chi connectivity index (χ4v) is 5.00. The van der Waals surface area contributed by atoms with Crippen LogP contribution in [0.2, 0.25) is 0 Å². The molecule has 0 spiro atoms. The highest BCUT2D eigenvalue weighted by atomic mass is 19.1. The lowest BCUT2D eigenvalue weighted by Gasteiger charge is -2.22. The molecule has 2 aliphatic rings. The molecule has 0 unspecified atom stereocenters. The summed E-state index contributed by atoms with van der Waals surface area (Å²) in [5.74, 6) is -1.03. The van der Waals surface area contributed by atoms with E-state index in [-0.39, 0.29) is 5.91 Å². The molecule has 160 valence electrons. The van der Waals surface area contributed by atoms with Crippen molar-refractivity contribution in [2.75, 3.05) is 4.90 Å². The van der Waals surface area contributed by atoms with Gasteiger partial charge in [-0.2, -0.15) is 0 Å². The van der Waals surface area contributed by atoms with E-state index in [1.807, 2.05) is 31.2 Å². The molecule has 5 heteroatoms. The third-order valence-corrected chi connectivity index (χ3v) is 6.80. The Bertz CT molecular complexity index is 1370. The molecule has 5 rings (SSSR count). The standard InChI is InChI=1S/C27H23FN2O2/c1-14-11-23-21(26(29)31)10-9-20(25(23)15(14)2)19-5-4-6-24(16(19)3)30-13-17-7-8-18(28)12-22(17)27(30)32/h4-10,12H,11,13H2,1-3H3,(H2,29,31). The van der Waals surface area contributed by atoms with Crippen LogP contribution in [0.3, 0.4) is 0 Å². The second-order valence-electron chi connectivity index (χ2n) is 8.60. The number of carbonyl (C=O) groups excluding carboxylic acids is 2. The normalized spacial score (nSPS) is 14.8. The number of nitrogens with two attached hydrogens (primary N) is 1. The van der Waals surface area contributed by atoms with Gasteiger partial charge in [0.25, 0.3) is 5.91 Å². The second-order valence-corrected chi connectivity index (χ2v) is 8.60. The first-order valence-electron chi connectivity index (χ1n) is 10.6. The van der Waals surface area contributed by atoms with Crippen LogP contribution in [0.25, 0.3) is 16.7 Å². The number of hydrogen-bond donors (Lipinski definition) is 1. The van der Waals surface area contributed by atoms with E-state index in [1.54, 1.807) is 17.0 Å². The quantitative estimate of drug-likeness (QED) is 0.609. The average molecular weight is 426 g/mol. The van der Waals surface area contributed by atoms with Gasteiger partial charge in [0.15, 0.2) is 0 Å². The predicted octanol–water partition coefficient (Wildman–Crippen LogP) is 5.41. The van der Waals surface area contributed by atoms with Gasteiger partial charge in [-0.1, -0.05) is 29.8 Å². The minimum atomic E-state index is -0.423. The first kappa shape index (κ1) is 20.2. The first-order valence-corrected chi connectivity index (χ1v) is 10.6. The lowest BCUT2D eigenvalue weighted by Crippen LogP contribution is -2.24. The average Bonchev–Trinajstić information content (AvgIpc) is 3.24. The highest BCUT2D eigenvalue weighted by Crippen LogP contribution is 2.43. The van der Waals surface area contributed by atoms with Gasteiger partial charge >= 0.3 is 0 Å². The fraction of sp³-hybridized carbons (Fsp3) is 0.185. The predicted molar refractivity (Wildman–Crippen MR) is 124 cm³/mol. The lowest BCUT2D eigenvalue weighted by atomic mass is 9.88. The third-order valence-electron chi connectivity index (χ3n) is 6.80. The van der Waals surface area contributed by atoms with Gasteiger partial charge in [0.1, 0.15) is 5.82 Å². The van der Waals surface area contributed by atoms with Gasteiger partial charge < -0.3 is 10.6 Å². The maximum Gasteiger partial charge on any atom is 0.259 e. The van der Waals surface area contributed by atoms with E-state index >= 15 is 0 Å². The molecule has 3 aromatic rings. The third kappa shape index (κ3) is 2.88. The second kappa shape index (κ2) is 7.16. The van der Waals surface area contributed by atoms with E-state index in [0.717, 1.165) is 44.6 Å². The van der Waals surface area contributed by atoms with E-state index in [1.165, 1.54) is 17.7 Å². The zero-order valence-corrected chi connectivity index (χ0v) is 18.3. The summed E-state index contributed by atoms with van der Waals surface area (Å²) in [5.41, 5.74) is 15.6. The summed E-state index contributed by atoms with van der Waals surface area (Å²) in [6, 6.07) is 14.0. The van der Waals surface area contributed by atoms with Crippen molar-refractivity contribution in [3.63, 3.8) is 0 Å². The Balaban J connectivity index is 1.65. The van der Waals surface area contributed by atoms with Crippen LogP contribution in [0.4, 0.5) is 10.1 Å². The van der Waals surface area contributed by atoms with Crippen molar-refractivity contribution in [2.24, 2.45) is 5.73 Å². The molecule has 2 N–H and O–H groups in total. The number of rotatable bonds is 3. The van der Waals surface area contributed by atoms with Crippen molar-refractivity contribution in [2.45, 2.75) is 33.7 Å². The van der Waals surface area contributed by atoms with Crippen LogP contribution in [0.5, 0.6) is 0 Å². The van der Waals surface area contributed by atoms with E-state index in [9.17, 15) is 14.0 Å². The van der Waals surface area contributed by atoms with E-state index < -0.39 is 11.7 Å². The van der Waals surface area contributed by atoms with Gasteiger partial charge in [-0.05, 0) is 90.4 Å². The minimum Gasteiger partial charge on any atom is -0.366 e. The summed E-state index contributed by atoms with van der Waals surface area (Å²) >= 11 is 0. The molecule has 1 aliphatic heterocycles. The Morgan fingerprint density at radius 3 is 2.53 bits per heavy atom. The number of hydrogen-bond acceptors (Lipinski definition) is 2. The van der Waals surface area contributed by atoms with Crippen LogP contribution in [-0.2, 0) is 13.0 Å². The van der Waals surface area contributed by atoms with Gasteiger partial charge in [-0.3, -0.25) is 9.59 Å². The van der Waals surface area contributed by atoms with Crippen LogP contribution < -0.4 is 10.6 Å². The highest BCUT2D eigenvalue weighted by Gasteiger charge is 2.31. The van der Waals surface area contributed by atoms with E-state index in [2.05, 4.69) is 13.8 Å². The first-order chi connectivity index (χ1) is 15.3. The van der Waals surface area contributed by atoms with Crippen molar-refractivity contribution in [1.29, 1.82) is 0 Å². The van der Waals surface area contributed by atoms with Crippen LogP contribution in [0.1, 0.15) is 56.8 Å². The Kier molecular flexibility index (Phi) is 4.52. The summed E-state index contributed by atoms with van der Waals surface area (Å²) in [7, 11) is 0. The van der Waals surface area contributed by atoms with E-state index in [0.29, 0.717) is 24.1 Å². The highest BCUT2D eigenvalue weighted by molar-refractivity contribution is 6.11. The maximum absolute atomic E-state index is 13.7. The summed E-state index contributed by atoms with van der Waals surface area (Å²) in [6.45, 7) is 6.56. The number of allylic oxidation sites excluding steroid dienone is 2. The van der Waals surface area contributed by atoms with Gasteiger partial charge in [-0.25, -0.2) is 4.39 Å². The Hall–Kier alpha value is -3.73. The zero-order valence-electron chi connectivity index (χ0n) is 18.3. The number of primary amides is 1. The number of amides is 2. The summed E-state index contributed by atoms with van der Waals surface area (Å²) < 4.78 is 13.7. The molecule has 0 atom stereocenters. The van der Waals surface area contributed by atoms with Crippen LogP contribution in [-0.4, -0.2) is 11.8 Å². The molecule has 0 fully saturated rings. The van der Waals surface area contributed by atoms with Crippen LogP contribution in [0, 0.1) is 12.7 Å². The Labute approximate surface area is 186 Å². The van der Waals surface area contributed by atoms with Gasteiger partial charge in [0, 0.05) is 16.8 Å². The summed E-state index contributed by atoms with van der Waals surface area (Å²) in [4.78, 5) is 26.8. The molecule has 1 heterocycles. The molecule has 0 saturated carbocycles. The zero-order chi connectivity index (χ0) is 22.7. The van der Waals surface area contributed by atoms with Gasteiger partial charge in [0.2, 0.25) is 5.91 Å². The molecule has 1 aliphatic carbocycles. The molecule has 3 aromatic carbocycles. The molecule has 0 radical (unpaired) electrons. The summed E-state index contributed by atoms with van der Waals surface area (Å²) in [5, 5.41) is 0. The van der Waals surface area contributed by atoms with E-state index in [4.69, 9.17) is 5.73 Å². The number of carbonyl (C=O) groups is 2. The van der Waals surface area contributed by atoms with Crippen molar-refractivity contribution in [3.8, 4) is 11.1 Å². The maximum atomic E-state index is 13.7. The topological polar surface area (TPSA) is 63.4 Å². The SMILES string of the molecule is CC1=C(C)c2c(-c3cccc(N4Cc5ccc(F)cc5C4=O)c3C)ccc(C(N)=O)c2C1. The number of fused-ring (bicyclic) bond motifs is 2. The molecular formula is C27H23FN2O2. The van der Waals surface area contributed by atoms with Gasteiger partial charge in [-0.15, -0.1) is 0 Å². The number of anilines is 1. The number of benzene rings is 3. The molecule has 32 heavy (non-hydrogen) atoms. The lowest BCUT2D eigenvalue weighted by molar-refractivity contribution is 0.0989. The minimum absolute atomic E-state index is 0.194. The molecule has 4 nitrogen and oxygen atoms in total. The molecule has 0 bridgehead atoms. The molecule has 2 amide bonds. The van der Waals surface area contributed by atoms with Crippen LogP contribution >= 0.6 is 0 Å². The monoisotopic (exact) mass is 426 g/mol. The smallest absolute Gasteiger partial charge is 0.259 e. The van der Waals surface area contributed by atoms with Crippen molar-refractivity contribution in [1.82, 2.24) is 0 Å². The van der Waals surface area contributed by atoms with Crippen LogP contribution in [0.15, 0.2) is 54.1 Å². The molecule has 0 aromatic heterocycles.